The Morgan fingerprint density at radius 3 is 2.68 bits per heavy atom. The van der Waals surface area contributed by atoms with Gasteiger partial charge in [0, 0.05) is 17.1 Å². The molecule has 0 amide bonds. The highest BCUT2D eigenvalue weighted by Crippen LogP contribution is 2.64. The lowest BCUT2D eigenvalue weighted by Crippen LogP contribution is -2.52. The summed E-state index contributed by atoms with van der Waals surface area (Å²) in [5, 5.41) is 21.6. The summed E-state index contributed by atoms with van der Waals surface area (Å²) in [5.74, 6) is 1.02. The van der Waals surface area contributed by atoms with Gasteiger partial charge in [0.15, 0.2) is 0 Å². The predicted octanol–water partition coefficient (Wildman–Crippen LogP) is 4.49. The summed E-state index contributed by atoms with van der Waals surface area (Å²) in [6, 6.07) is 0. The first-order chi connectivity index (χ1) is 11.8. The van der Waals surface area contributed by atoms with Crippen LogP contribution < -0.4 is 0 Å². The zero-order chi connectivity index (χ0) is 18.0. The van der Waals surface area contributed by atoms with E-state index < -0.39 is 6.10 Å². The van der Waals surface area contributed by atoms with Crippen molar-refractivity contribution in [1.29, 1.82) is 0 Å². The van der Waals surface area contributed by atoms with Gasteiger partial charge < -0.3 is 10.2 Å². The van der Waals surface area contributed by atoms with Gasteiger partial charge in [0.05, 0.1) is 12.2 Å². The van der Waals surface area contributed by atoms with E-state index in [0.29, 0.717) is 23.5 Å². The molecule has 2 fully saturated rings. The van der Waals surface area contributed by atoms with Crippen molar-refractivity contribution >= 4 is 11.8 Å². The summed E-state index contributed by atoms with van der Waals surface area (Å²) < 4.78 is 0. The first kappa shape index (κ1) is 17.9. The minimum absolute atomic E-state index is 0.182. The zero-order valence-electron chi connectivity index (χ0n) is 16.0. The molecule has 4 aliphatic rings. The summed E-state index contributed by atoms with van der Waals surface area (Å²) in [4.78, 5) is 0. The number of aliphatic hydroxyl groups excluding tert-OH is 2. The Morgan fingerprint density at radius 1 is 1.20 bits per heavy atom. The van der Waals surface area contributed by atoms with Gasteiger partial charge in [-0.3, -0.25) is 0 Å². The summed E-state index contributed by atoms with van der Waals surface area (Å²) >= 11 is 1.96. The Labute approximate surface area is 156 Å². The minimum Gasteiger partial charge on any atom is -0.393 e. The van der Waals surface area contributed by atoms with E-state index >= 15 is 0 Å². The molecule has 0 saturated heterocycles. The van der Waals surface area contributed by atoms with Crippen LogP contribution in [0.4, 0.5) is 0 Å². The number of rotatable bonds is 2. The number of hydrogen-bond acceptors (Lipinski definition) is 3. The van der Waals surface area contributed by atoms with Crippen LogP contribution in [0.15, 0.2) is 34.9 Å². The highest BCUT2D eigenvalue weighted by atomic mass is 32.2. The molecule has 2 saturated carbocycles. The van der Waals surface area contributed by atoms with Crippen LogP contribution in [0, 0.1) is 22.7 Å². The number of allylic oxidation sites excluding steroid dienone is 4. The van der Waals surface area contributed by atoms with Crippen molar-refractivity contribution in [1.82, 2.24) is 0 Å². The smallest absolute Gasteiger partial charge is 0.0661 e. The molecule has 0 radical (unpaired) electrons. The molecular formula is C22H32O2S. The lowest BCUT2D eigenvalue weighted by atomic mass is 9.50. The minimum atomic E-state index is -0.431. The van der Waals surface area contributed by atoms with E-state index in [2.05, 4.69) is 45.3 Å². The molecule has 0 aliphatic heterocycles. The third-order valence-electron chi connectivity index (χ3n) is 8.09. The van der Waals surface area contributed by atoms with Gasteiger partial charge in [-0.2, -0.15) is 11.8 Å². The molecule has 4 aliphatic carbocycles. The van der Waals surface area contributed by atoms with Crippen LogP contribution >= 0.6 is 11.8 Å². The van der Waals surface area contributed by atoms with Crippen molar-refractivity contribution in [2.24, 2.45) is 22.7 Å². The van der Waals surface area contributed by atoms with Crippen LogP contribution in [0.25, 0.3) is 0 Å². The van der Waals surface area contributed by atoms with Crippen LogP contribution in [0.5, 0.6) is 0 Å². The largest absolute Gasteiger partial charge is 0.393 e. The summed E-state index contributed by atoms with van der Waals surface area (Å²) in [5.41, 5.74) is 4.57. The van der Waals surface area contributed by atoms with Crippen molar-refractivity contribution in [3.05, 3.63) is 34.9 Å². The van der Waals surface area contributed by atoms with Crippen molar-refractivity contribution in [3.8, 4) is 0 Å². The van der Waals surface area contributed by atoms with Gasteiger partial charge >= 0.3 is 0 Å². The molecule has 0 heterocycles. The second-order valence-corrected chi connectivity index (χ2v) is 10.3. The van der Waals surface area contributed by atoms with Crippen LogP contribution in [-0.4, -0.2) is 33.9 Å². The summed E-state index contributed by atoms with van der Waals surface area (Å²) in [6.07, 6.45) is 13.3. The molecule has 0 aromatic carbocycles. The average Bonchev–Trinajstić information content (AvgIpc) is 2.93. The Balaban J connectivity index is 1.72. The third-order valence-corrected chi connectivity index (χ3v) is 9.05. The zero-order valence-corrected chi connectivity index (χ0v) is 16.8. The second kappa shape index (κ2) is 6.00. The molecule has 3 heteroatoms. The molecule has 0 spiro atoms. The third kappa shape index (κ3) is 2.38. The fourth-order valence-electron chi connectivity index (χ4n) is 6.43. The highest BCUT2D eigenvalue weighted by molar-refractivity contribution is 7.99. The van der Waals surface area contributed by atoms with Gasteiger partial charge in [-0.05, 0) is 56.1 Å². The molecule has 25 heavy (non-hydrogen) atoms. The Morgan fingerprint density at radius 2 is 1.96 bits per heavy atom. The van der Waals surface area contributed by atoms with Gasteiger partial charge in [0.1, 0.15) is 0 Å². The molecule has 138 valence electrons. The molecule has 2 N–H and O–H groups in total. The number of hydrogen-bond donors (Lipinski definition) is 2. The summed E-state index contributed by atoms with van der Waals surface area (Å²) in [7, 11) is 0. The van der Waals surface area contributed by atoms with E-state index in [1.807, 2.05) is 11.8 Å². The maximum atomic E-state index is 10.9. The van der Waals surface area contributed by atoms with E-state index in [1.54, 1.807) is 11.1 Å². The van der Waals surface area contributed by atoms with Crippen LogP contribution in [0.1, 0.15) is 52.9 Å². The Hall–Kier alpha value is -0.510. The average molecular weight is 361 g/mol. The topological polar surface area (TPSA) is 40.5 Å². The van der Waals surface area contributed by atoms with Crippen molar-refractivity contribution in [2.75, 3.05) is 6.26 Å². The van der Waals surface area contributed by atoms with Crippen LogP contribution in [0.3, 0.4) is 0 Å². The van der Waals surface area contributed by atoms with Gasteiger partial charge in [-0.25, -0.2) is 0 Å². The quantitative estimate of drug-likeness (QED) is 0.713. The maximum absolute atomic E-state index is 10.9. The normalized spacial score (nSPS) is 47.0. The lowest BCUT2D eigenvalue weighted by Gasteiger charge is -2.56. The van der Waals surface area contributed by atoms with E-state index in [-0.39, 0.29) is 16.9 Å². The van der Waals surface area contributed by atoms with Crippen molar-refractivity contribution < 1.29 is 10.2 Å². The molecule has 0 aromatic heterocycles. The molecule has 7 atom stereocenters. The van der Waals surface area contributed by atoms with Gasteiger partial charge in [0.2, 0.25) is 0 Å². The molecule has 7 unspecified atom stereocenters. The van der Waals surface area contributed by atoms with Crippen LogP contribution in [0.2, 0.25) is 0 Å². The number of fused-ring (bicyclic) bond motifs is 5. The molecule has 4 rings (SSSR count). The molecule has 0 aromatic rings. The van der Waals surface area contributed by atoms with Crippen molar-refractivity contribution in [3.63, 3.8) is 0 Å². The van der Waals surface area contributed by atoms with Gasteiger partial charge in [0.25, 0.3) is 0 Å². The molecule has 2 nitrogen and oxygen atoms in total. The monoisotopic (exact) mass is 360 g/mol. The fraction of sp³-hybridized carbons (Fsp3) is 0.727. The van der Waals surface area contributed by atoms with Gasteiger partial charge in [-0.1, -0.05) is 48.8 Å². The lowest BCUT2D eigenvalue weighted by molar-refractivity contribution is -0.0489. The standard InChI is InChI=1S/C22H32O2S/c1-13(25-4)17-7-8-18-16-6-5-14-11-15(23)12-20(24)22(14,3)19(16)9-10-21(17,18)2/h5-7,13,15,18-20,23-24H,8-12H2,1-4H3. The summed E-state index contributed by atoms with van der Waals surface area (Å²) in [6.45, 7) is 7.07. The molecular weight excluding hydrogens is 328 g/mol. The number of thioether (sulfide) groups is 1. The van der Waals surface area contributed by atoms with E-state index in [9.17, 15) is 10.2 Å². The Bertz CT molecular complexity index is 663. The van der Waals surface area contributed by atoms with Gasteiger partial charge in [-0.15, -0.1) is 0 Å². The van der Waals surface area contributed by atoms with Crippen LogP contribution in [-0.2, 0) is 0 Å². The SMILES string of the molecule is CSC(C)C1=CCC2C3=CC=C4CC(O)CC(O)C4(C)C3CCC12C. The maximum Gasteiger partial charge on any atom is 0.0661 e. The highest BCUT2D eigenvalue weighted by Gasteiger charge is 2.56. The second-order valence-electron chi connectivity index (χ2n) is 9.09. The van der Waals surface area contributed by atoms with E-state index in [4.69, 9.17) is 0 Å². The predicted molar refractivity (Wildman–Crippen MR) is 106 cm³/mol. The first-order valence-corrected chi connectivity index (χ1v) is 11.1. The first-order valence-electron chi connectivity index (χ1n) is 9.83. The number of aliphatic hydroxyl groups is 2. The van der Waals surface area contributed by atoms with E-state index in [1.165, 1.54) is 12.0 Å². The van der Waals surface area contributed by atoms with Crippen molar-refractivity contribution in [2.45, 2.75) is 70.3 Å². The fourth-order valence-corrected chi connectivity index (χ4v) is 7.04. The molecule has 0 bridgehead atoms. The van der Waals surface area contributed by atoms with E-state index in [0.717, 1.165) is 19.3 Å². The Kier molecular flexibility index (Phi) is 4.29.